The highest BCUT2D eigenvalue weighted by atomic mass is 19.1. The number of nitrogens with zero attached hydrogens (tertiary/aromatic N) is 2. The topological polar surface area (TPSA) is 36.3 Å². The number of hydrogen-bond donors (Lipinski definition) is 0. The van der Waals surface area contributed by atoms with Gasteiger partial charge in [0.1, 0.15) is 5.82 Å². The van der Waals surface area contributed by atoms with Crippen LogP contribution in [0.25, 0.3) is 11.8 Å². The third-order valence-electron chi connectivity index (χ3n) is 5.63. The molecule has 1 aromatic heterocycles. The largest absolute Gasteiger partial charge is 0.346 e. The van der Waals surface area contributed by atoms with Gasteiger partial charge in [-0.05, 0) is 63.1 Å². The molecular formula is C20H23FN2O2. The van der Waals surface area contributed by atoms with Crippen LogP contribution in [0.5, 0.6) is 0 Å². The summed E-state index contributed by atoms with van der Waals surface area (Å²) in [5.41, 5.74) is 4.03. The molecule has 0 N–H and O–H groups in total. The van der Waals surface area contributed by atoms with Gasteiger partial charge in [-0.1, -0.05) is 12.5 Å². The normalized spacial score (nSPS) is 29.6. The summed E-state index contributed by atoms with van der Waals surface area (Å²) < 4.78 is 27.2. The lowest BCUT2D eigenvalue weighted by Gasteiger charge is -2.37. The third-order valence-corrected chi connectivity index (χ3v) is 5.63. The minimum atomic E-state index is -0.254. The van der Waals surface area contributed by atoms with Crippen LogP contribution in [0.3, 0.4) is 0 Å². The average Bonchev–Trinajstić information content (AvgIpc) is 3.13. The average molecular weight is 342 g/mol. The molecule has 0 radical (unpaired) electrons. The van der Waals surface area contributed by atoms with Crippen molar-refractivity contribution in [1.29, 1.82) is 0 Å². The van der Waals surface area contributed by atoms with Crippen molar-refractivity contribution < 1.29 is 13.9 Å². The number of benzene rings is 1. The van der Waals surface area contributed by atoms with E-state index >= 15 is 0 Å². The van der Waals surface area contributed by atoms with Gasteiger partial charge in [-0.15, -0.1) is 0 Å². The highest BCUT2D eigenvalue weighted by Crippen LogP contribution is 2.45. The molecule has 0 amide bonds. The van der Waals surface area contributed by atoms with Gasteiger partial charge >= 0.3 is 0 Å². The highest BCUT2D eigenvalue weighted by molar-refractivity contribution is 5.60. The molecule has 1 saturated heterocycles. The molecule has 2 aliphatic rings. The van der Waals surface area contributed by atoms with Crippen LogP contribution in [0.1, 0.15) is 39.0 Å². The summed E-state index contributed by atoms with van der Waals surface area (Å²) in [6.07, 6.45) is 4.78. The Bertz CT molecular complexity index is 817. The Kier molecular flexibility index (Phi) is 3.81. The lowest BCUT2D eigenvalue weighted by atomic mass is 9.73. The Morgan fingerprint density at radius 3 is 2.44 bits per heavy atom. The lowest BCUT2D eigenvalue weighted by molar-refractivity contribution is -0.128. The van der Waals surface area contributed by atoms with E-state index in [0.29, 0.717) is 0 Å². The standard InChI is InChI=1S/C20H23FN2O2/c1-12-9-18-15(10-20(12,4)19-24-13(2)14(3)25-19)11-22-23(18)17-7-5-16(21)6-8-17/h5-9,11,13-14,19H,10H2,1-4H3/t13-,14-,20+/m1/s1. The first-order valence-corrected chi connectivity index (χ1v) is 8.71. The maximum absolute atomic E-state index is 13.2. The Balaban J connectivity index is 1.69. The van der Waals surface area contributed by atoms with Gasteiger partial charge < -0.3 is 9.47 Å². The monoisotopic (exact) mass is 342 g/mol. The van der Waals surface area contributed by atoms with Crippen molar-refractivity contribution in [3.63, 3.8) is 0 Å². The minimum absolute atomic E-state index is 0.0953. The van der Waals surface area contributed by atoms with E-state index in [1.165, 1.54) is 17.7 Å². The van der Waals surface area contributed by atoms with E-state index in [4.69, 9.17) is 9.47 Å². The van der Waals surface area contributed by atoms with Crippen molar-refractivity contribution in [2.24, 2.45) is 5.41 Å². The van der Waals surface area contributed by atoms with E-state index in [-0.39, 0.29) is 29.7 Å². The summed E-state index contributed by atoms with van der Waals surface area (Å²) in [4.78, 5) is 0. The molecule has 4 rings (SSSR count). The maximum atomic E-state index is 13.2. The maximum Gasteiger partial charge on any atom is 0.167 e. The van der Waals surface area contributed by atoms with Gasteiger partial charge in [0.25, 0.3) is 0 Å². The predicted molar refractivity (Wildman–Crippen MR) is 93.9 cm³/mol. The second kappa shape index (κ2) is 5.78. The first-order valence-electron chi connectivity index (χ1n) is 8.71. The number of halogens is 1. The van der Waals surface area contributed by atoms with Crippen molar-refractivity contribution in [1.82, 2.24) is 9.78 Å². The molecule has 5 heteroatoms. The fraction of sp³-hybridized carbons (Fsp3) is 0.450. The molecule has 3 atom stereocenters. The summed E-state index contributed by atoms with van der Waals surface area (Å²) in [6.45, 7) is 8.40. The van der Waals surface area contributed by atoms with Gasteiger partial charge in [-0.3, -0.25) is 0 Å². The fourth-order valence-electron chi connectivity index (χ4n) is 3.59. The van der Waals surface area contributed by atoms with Gasteiger partial charge in [0.05, 0.1) is 29.8 Å². The van der Waals surface area contributed by atoms with Crippen LogP contribution in [0, 0.1) is 11.2 Å². The van der Waals surface area contributed by atoms with Crippen LogP contribution in [-0.4, -0.2) is 28.3 Å². The molecule has 25 heavy (non-hydrogen) atoms. The lowest BCUT2D eigenvalue weighted by Crippen LogP contribution is -2.38. The summed E-state index contributed by atoms with van der Waals surface area (Å²) in [7, 11) is 0. The molecule has 2 aromatic rings. The molecule has 1 aliphatic heterocycles. The van der Waals surface area contributed by atoms with Crippen LogP contribution in [0.15, 0.2) is 36.0 Å². The van der Waals surface area contributed by atoms with Crippen molar-refractivity contribution >= 4 is 6.08 Å². The van der Waals surface area contributed by atoms with E-state index in [2.05, 4.69) is 25.0 Å². The van der Waals surface area contributed by atoms with Crippen molar-refractivity contribution in [2.45, 2.75) is 52.6 Å². The smallest absolute Gasteiger partial charge is 0.167 e. The zero-order valence-corrected chi connectivity index (χ0v) is 15.0. The molecule has 4 nitrogen and oxygen atoms in total. The SMILES string of the molecule is CC1=Cc2c(cnn2-c2ccc(F)cc2)C[C@]1(C)C1O[C@H](C)[C@@H](C)O1. The van der Waals surface area contributed by atoms with Crippen LogP contribution in [-0.2, 0) is 15.9 Å². The summed E-state index contributed by atoms with van der Waals surface area (Å²) >= 11 is 0. The molecule has 0 unspecified atom stereocenters. The van der Waals surface area contributed by atoms with Crippen molar-refractivity contribution in [2.75, 3.05) is 0 Å². The fourth-order valence-corrected chi connectivity index (χ4v) is 3.59. The molecule has 2 heterocycles. The number of aromatic nitrogens is 2. The molecular weight excluding hydrogens is 319 g/mol. The van der Waals surface area contributed by atoms with Crippen LogP contribution < -0.4 is 0 Å². The van der Waals surface area contributed by atoms with E-state index in [1.54, 1.807) is 12.1 Å². The first-order chi connectivity index (χ1) is 11.9. The predicted octanol–water partition coefficient (Wildman–Crippen LogP) is 4.13. The number of hydrogen-bond acceptors (Lipinski definition) is 3. The van der Waals surface area contributed by atoms with Crippen LogP contribution in [0.4, 0.5) is 4.39 Å². The zero-order chi connectivity index (χ0) is 17.8. The van der Waals surface area contributed by atoms with Crippen molar-refractivity contribution in [3.8, 4) is 5.69 Å². The molecule has 132 valence electrons. The second-order valence-electron chi connectivity index (χ2n) is 7.38. The van der Waals surface area contributed by atoms with Gasteiger partial charge in [-0.25, -0.2) is 9.07 Å². The highest BCUT2D eigenvalue weighted by Gasteiger charge is 2.46. The number of fused-ring (bicyclic) bond motifs is 1. The van der Waals surface area contributed by atoms with E-state index in [1.807, 2.05) is 24.7 Å². The molecule has 0 bridgehead atoms. The summed E-state index contributed by atoms with van der Waals surface area (Å²) in [5.74, 6) is -0.247. The zero-order valence-electron chi connectivity index (χ0n) is 15.0. The quantitative estimate of drug-likeness (QED) is 0.823. The molecule has 0 spiro atoms. The second-order valence-corrected chi connectivity index (χ2v) is 7.38. The Morgan fingerprint density at radius 1 is 1.16 bits per heavy atom. The number of rotatable bonds is 2. The van der Waals surface area contributed by atoms with E-state index in [9.17, 15) is 4.39 Å². The van der Waals surface area contributed by atoms with E-state index < -0.39 is 0 Å². The Hall–Kier alpha value is -1.98. The number of ether oxygens (including phenoxy) is 2. The van der Waals surface area contributed by atoms with Gasteiger partial charge in [0.15, 0.2) is 6.29 Å². The summed E-state index contributed by atoms with van der Waals surface area (Å²) in [5, 5.41) is 4.52. The Labute approximate surface area is 147 Å². The molecule has 1 aromatic carbocycles. The van der Waals surface area contributed by atoms with Crippen molar-refractivity contribution in [3.05, 3.63) is 53.1 Å². The Morgan fingerprint density at radius 2 is 1.80 bits per heavy atom. The van der Waals surface area contributed by atoms with Gasteiger partial charge in [0, 0.05) is 5.41 Å². The minimum Gasteiger partial charge on any atom is -0.346 e. The summed E-state index contributed by atoms with van der Waals surface area (Å²) in [6, 6.07) is 6.39. The van der Waals surface area contributed by atoms with Crippen LogP contribution >= 0.6 is 0 Å². The molecule has 1 aliphatic carbocycles. The first kappa shape index (κ1) is 16.5. The third kappa shape index (κ3) is 2.62. The van der Waals surface area contributed by atoms with Gasteiger partial charge in [0.2, 0.25) is 0 Å². The van der Waals surface area contributed by atoms with Crippen LogP contribution in [0.2, 0.25) is 0 Å². The van der Waals surface area contributed by atoms with E-state index in [0.717, 1.165) is 23.4 Å². The van der Waals surface area contributed by atoms with Gasteiger partial charge in [-0.2, -0.15) is 5.10 Å². The molecule has 1 fully saturated rings. The molecule has 0 saturated carbocycles.